The minimum Gasteiger partial charge on any atom is -0.345 e. The van der Waals surface area contributed by atoms with Gasteiger partial charge < -0.3 is 9.47 Å². The Morgan fingerprint density at radius 3 is 2.32 bits per heavy atom. The summed E-state index contributed by atoms with van der Waals surface area (Å²) in [5, 5.41) is 0. The van der Waals surface area contributed by atoms with E-state index in [1.807, 2.05) is 19.1 Å². The zero-order valence-electron chi connectivity index (χ0n) is 17.5. The maximum atomic E-state index is 14.8. The second-order valence-electron chi connectivity index (χ2n) is 8.85. The van der Waals surface area contributed by atoms with E-state index in [1.54, 1.807) is 0 Å². The molecule has 1 heterocycles. The molecule has 158 valence electrons. The first-order valence-corrected chi connectivity index (χ1v) is 11.3. The van der Waals surface area contributed by atoms with Gasteiger partial charge in [0.15, 0.2) is 12.0 Å². The van der Waals surface area contributed by atoms with Crippen molar-refractivity contribution in [1.82, 2.24) is 0 Å². The van der Waals surface area contributed by atoms with Crippen LogP contribution in [0.2, 0.25) is 0 Å². The highest BCUT2D eigenvalue weighted by atomic mass is 19.1. The first-order valence-electron chi connectivity index (χ1n) is 11.3. The summed E-state index contributed by atoms with van der Waals surface area (Å²) in [7, 11) is 0. The van der Waals surface area contributed by atoms with Crippen molar-refractivity contribution in [2.75, 3.05) is 13.2 Å². The molecule has 0 aromatic heterocycles. The molecule has 0 N–H and O–H groups in total. The van der Waals surface area contributed by atoms with Gasteiger partial charge in [0, 0.05) is 5.56 Å². The second kappa shape index (κ2) is 10.2. The molecule has 2 fully saturated rings. The van der Waals surface area contributed by atoms with E-state index >= 15 is 0 Å². The quantitative estimate of drug-likeness (QED) is 0.433. The van der Waals surface area contributed by atoms with Gasteiger partial charge in [0.1, 0.15) is 5.82 Å². The molecule has 2 nitrogen and oxygen atoms in total. The lowest BCUT2D eigenvalue weighted by Gasteiger charge is -2.34. The first kappa shape index (κ1) is 21.7. The predicted molar refractivity (Wildman–Crippen MR) is 109 cm³/mol. The van der Waals surface area contributed by atoms with Crippen LogP contribution in [0.15, 0.2) is 18.2 Å². The lowest BCUT2D eigenvalue weighted by Crippen LogP contribution is -2.41. The summed E-state index contributed by atoms with van der Waals surface area (Å²) in [6.45, 7) is 4.21. The van der Waals surface area contributed by atoms with Gasteiger partial charge in [-0.25, -0.2) is 8.78 Å². The second-order valence-corrected chi connectivity index (χ2v) is 8.85. The molecular formula is C24H36F2O2. The predicted octanol–water partition coefficient (Wildman–Crippen LogP) is 7.23. The number of unbranched alkanes of at least 4 members (excludes halogenated alkanes) is 2. The highest BCUT2D eigenvalue weighted by Gasteiger charge is 2.37. The van der Waals surface area contributed by atoms with Crippen molar-refractivity contribution in [3.8, 4) is 0 Å². The van der Waals surface area contributed by atoms with Crippen molar-refractivity contribution in [1.29, 1.82) is 0 Å². The summed E-state index contributed by atoms with van der Waals surface area (Å²) in [6, 6.07) is 5.31. The molecule has 0 atom stereocenters. The number of ether oxygens (including phenoxy) is 2. The highest BCUT2D eigenvalue weighted by Crippen LogP contribution is 2.40. The van der Waals surface area contributed by atoms with Crippen LogP contribution >= 0.6 is 0 Å². The zero-order chi connectivity index (χ0) is 20.0. The van der Waals surface area contributed by atoms with Crippen LogP contribution in [0.1, 0.15) is 101 Å². The molecule has 2 aliphatic rings. The van der Waals surface area contributed by atoms with Gasteiger partial charge in [-0.05, 0) is 55.6 Å². The average molecular weight is 395 g/mol. The minimum atomic E-state index is -1.42. The molecule has 1 saturated carbocycles. The summed E-state index contributed by atoms with van der Waals surface area (Å²) >= 11 is 0. The van der Waals surface area contributed by atoms with Crippen LogP contribution in [0.3, 0.4) is 0 Å². The molecule has 4 heteroatoms. The lowest BCUT2D eigenvalue weighted by molar-refractivity contribution is -0.239. The van der Waals surface area contributed by atoms with Crippen molar-refractivity contribution < 1.29 is 18.3 Å². The van der Waals surface area contributed by atoms with E-state index in [2.05, 4.69) is 6.92 Å². The van der Waals surface area contributed by atoms with E-state index in [0.29, 0.717) is 17.9 Å². The van der Waals surface area contributed by atoms with Crippen LogP contribution < -0.4 is 0 Å². The third-order valence-corrected chi connectivity index (χ3v) is 6.48. The molecule has 28 heavy (non-hydrogen) atoms. The fourth-order valence-corrected chi connectivity index (χ4v) is 4.79. The van der Waals surface area contributed by atoms with Crippen molar-refractivity contribution in [2.45, 2.75) is 95.9 Å². The monoisotopic (exact) mass is 394 g/mol. The maximum absolute atomic E-state index is 14.8. The Morgan fingerprint density at radius 1 is 1.00 bits per heavy atom. The standard InChI is InChI=1S/C24H36F2O2/c1-3-5-6-7-18-8-10-19(11-9-18)21-13-12-20(15-22(21)25)23-27-16-24(26,14-4-2)17-28-23/h12-13,15,18-19,23H,3-11,14,16-17H2,1-2H3. The molecule has 1 saturated heterocycles. The first-order chi connectivity index (χ1) is 13.5. The third kappa shape index (κ3) is 5.54. The minimum absolute atomic E-state index is 0.0108. The van der Waals surface area contributed by atoms with E-state index in [1.165, 1.54) is 44.6 Å². The van der Waals surface area contributed by atoms with Crippen LogP contribution in [0.5, 0.6) is 0 Å². The number of rotatable bonds is 8. The molecule has 1 aliphatic carbocycles. The summed E-state index contributed by atoms with van der Waals surface area (Å²) < 4.78 is 40.4. The van der Waals surface area contributed by atoms with E-state index < -0.39 is 12.0 Å². The van der Waals surface area contributed by atoms with Gasteiger partial charge in [-0.3, -0.25) is 0 Å². The topological polar surface area (TPSA) is 18.5 Å². The largest absolute Gasteiger partial charge is 0.345 e. The third-order valence-electron chi connectivity index (χ3n) is 6.48. The van der Waals surface area contributed by atoms with Gasteiger partial charge in [0.2, 0.25) is 0 Å². The molecular weight excluding hydrogens is 358 g/mol. The van der Waals surface area contributed by atoms with Crippen molar-refractivity contribution >= 4 is 0 Å². The summed E-state index contributed by atoms with van der Waals surface area (Å²) in [5.74, 6) is 0.954. The number of benzene rings is 1. The Hall–Kier alpha value is -1.00. The highest BCUT2D eigenvalue weighted by molar-refractivity contribution is 5.28. The summed E-state index contributed by atoms with van der Waals surface area (Å²) in [6.07, 6.45) is 10.3. The van der Waals surface area contributed by atoms with Crippen LogP contribution in [0.4, 0.5) is 8.78 Å². The Labute approximate surface area is 169 Å². The van der Waals surface area contributed by atoms with Crippen LogP contribution in [-0.2, 0) is 9.47 Å². The molecule has 3 rings (SSSR count). The van der Waals surface area contributed by atoms with Crippen molar-refractivity contribution in [2.24, 2.45) is 5.92 Å². The lowest BCUT2D eigenvalue weighted by atomic mass is 9.77. The Kier molecular flexibility index (Phi) is 7.87. The molecule has 0 spiro atoms. The molecule has 0 amide bonds. The van der Waals surface area contributed by atoms with Gasteiger partial charge in [-0.15, -0.1) is 0 Å². The number of alkyl halides is 1. The molecule has 0 unspecified atom stereocenters. The fourth-order valence-electron chi connectivity index (χ4n) is 4.79. The molecule has 0 bridgehead atoms. The number of hydrogen-bond acceptors (Lipinski definition) is 2. The average Bonchev–Trinajstić information content (AvgIpc) is 2.69. The molecule has 1 aromatic rings. The SMILES string of the molecule is CCCCCC1CCC(c2ccc(C3OCC(F)(CCC)CO3)cc2F)CC1. The summed E-state index contributed by atoms with van der Waals surface area (Å²) in [4.78, 5) is 0. The van der Waals surface area contributed by atoms with Crippen LogP contribution in [-0.4, -0.2) is 18.9 Å². The number of halogens is 2. The molecule has 1 aliphatic heterocycles. The Balaban J connectivity index is 1.54. The molecule has 1 aromatic carbocycles. The van der Waals surface area contributed by atoms with E-state index in [9.17, 15) is 8.78 Å². The molecule has 0 radical (unpaired) electrons. The van der Waals surface area contributed by atoms with Crippen LogP contribution in [0, 0.1) is 11.7 Å². The van der Waals surface area contributed by atoms with Gasteiger partial charge >= 0.3 is 0 Å². The van der Waals surface area contributed by atoms with Gasteiger partial charge in [-0.2, -0.15) is 0 Å². The Morgan fingerprint density at radius 2 is 1.71 bits per heavy atom. The normalized spacial score (nSPS) is 31.1. The van der Waals surface area contributed by atoms with Gasteiger partial charge in [-0.1, -0.05) is 58.1 Å². The van der Waals surface area contributed by atoms with Crippen molar-refractivity contribution in [3.05, 3.63) is 35.1 Å². The van der Waals surface area contributed by atoms with E-state index in [-0.39, 0.29) is 19.0 Å². The van der Waals surface area contributed by atoms with E-state index in [4.69, 9.17) is 9.47 Å². The van der Waals surface area contributed by atoms with Crippen LogP contribution in [0.25, 0.3) is 0 Å². The maximum Gasteiger partial charge on any atom is 0.184 e. The summed E-state index contributed by atoms with van der Waals surface area (Å²) in [5.41, 5.74) is 0.0462. The zero-order valence-corrected chi connectivity index (χ0v) is 17.5. The Bertz CT molecular complexity index is 603. The van der Waals surface area contributed by atoms with Gasteiger partial charge in [0.05, 0.1) is 13.2 Å². The fraction of sp³-hybridized carbons (Fsp3) is 0.750. The van der Waals surface area contributed by atoms with E-state index in [0.717, 1.165) is 30.7 Å². The van der Waals surface area contributed by atoms with Crippen molar-refractivity contribution in [3.63, 3.8) is 0 Å². The smallest absolute Gasteiger partial charge is 0.184 e. The number of hydrogen-bond donors (Lipinski definition) is 0. The van der Waals surface area contributed by atoms with Gasteiger partial charge in [0.25, 0.3) is 0 Å².